The Kier molecular flexibility index (Phi) is 6.52. The van der Waals surface area contributed by atoms with Gasteiger partial charge in [0.05, 0.1) is 10.5 Å². The molecule has 0 saturated carbocycles. The van der Waals surface area contributed by atoms with Gasteiger partial charge >= 0.3 is 6.18 Å². The third kappa shape index (κ3) is 5.20. The monoisotopic (exact) mass is 440 g/mol. The fraction of sp³-hybridized carbons (Fsp3) is 0.381. The Labute approximate surface area is 173 Å². The minimum absolute atomic E-state index is 0.00929. The molecule has 0 radical (unpaired) electrons. The van der Waals surface area contributed by atoms with E-state index in [1.807, 2.05) is 6.92 Å². The molecule has 1 aliphatic rings. The topological polar surface area (TPSA) is 66.5 Å². The maximum absolute atomic E-state index is 12.8. The molecule has 1 amide bonds. The van der Waals surface area contributed by atoms with Crippen LogP contribution in [0.1, 0.15) is 29.5 Å². The Morgan fingerprint density at radius 1 is 1.10 bits per heavy atom. The van der Waals surface area contributed by atoms with Gasteiger partial charge in [0.2, 0.25) is 15.9 Å². The molecule has 1 heterocycles. The fourth-order valence-corrected chi connectivity index (χ4v) is 4.88. The number of hydrogen-bond acceptors (Lipinski definition) is 3. The number of piperidine rings is 1. The highest BCUT2D eigenvalue weighted by Gasteiger charge is 2.32. The van der Waals surface area contributed by atoms with E-state index in [1.165, 1.54) is 16.4 Å². The van der Waals surface area contributed by atoms with Gasteiger partial charge in [0, 0.05) is 25.6 Å². The van der Waals surface area contributed by atoms with Crippen molar-refractivity contribution in [2.45, 2.75) is 37.4 Å². The van der Waals surface area contributed by atoms with E-state index < -0.39 is 21.8 Å². The van der Waals surface area contributed by atoms with E-state index in [9.17, 15) is 26.4 Å². The standard InChI is InChI=1S/C21H23F3N2O3S/c1-15-5-7-19(8-6-15)30(28,29)26-11-9-17(10-12-26)20(27)25-14-16-3-2-4-18(13-16)21(22,23)24/h2-8,13,17H,9-12,14H2,1H3,(H,25,27). The van der Waals surface area contributed by atoms with E-state index in [0.29, 0.717) is 18.4 Å². The lowest BCUT2D eigenvalue weighted by Gasteiger charge is -2.30. The number of nitrogens with zero attached hydrogens (tertiary/aromatic N) is 1. The molecule has 30 heavy (non-hydrogen) atoms. The average molecular weight is 440 g/mol. The first kappa shape index (κ1) is 22.3. The number of sulfonamides is 1. The van der Waals surface area contributed by atoms with Crippen molar-refractivity contribution in [3.8, 4) is 0 Å². The summed E-state index contributed by atoms with van der Waals surface area (Å²) < 4.78 is 65.2. The minimum atomic E-state index is -4.43. The van der Waals surface area contributed by atoms with Gasteiger partial charge in [-0.25, -0.2) is 8.42 Å². The molecule has 1 aliphatic heterocycles. The number of halogens is 3. The van der Waals surface area contributed by atoms with Crippen LogP contribution < -0.4 is 5.32 Å². The van der Waals surface area contributed by atoms with Crippen LogP contribution >= 0.6 is 0 Å². The fourth-order valence-electron chi connectivity index (χ4n) is 3.41. The minimum Gasteiger partial charge on any atom is -0.352 e. The molecule has 0 spiro atoms. The maximum Gasteiger partial charge on any atom is 0.416 e. The Balaban J connectivity index is 1.55. The second kappa shape index (κ2) is 8.77. The molecule has 0 aromatic heterocycles. The van der Waals surface area contributed by atoms with Gasteiger partial charge in [-0.2, -0.15) is 17.5 Å². The SMILES string of the molecule is Cc1ccc(S(=O)(=O)N2CCC(C(=O)NCc3cccc(C(F)(F)F)c3)CC2)cc1. The molecule has 0 aliphatic carbocycles. The highest BCUT2D eigenvalue weighted by atomic mass is 32.2. The predicted octanol–water partition coefficient (Wildman–Crippen LogP) is 3.73. The summed E-state index contributed by atoms with van der Waals surface area (Å²) in [5.41, 5.74) is 0.562. The van der Waals surface area contributed by atoms with Crippen molar-refractivity contribution in [3.05, 3.63) is 65.2 Å². The normalized spacial score (nSPS) is 16.4. The van der Waals surface area contributed by atoms with Crippen LogP contribution in [0, 0.1) is 12.8 Å². The molecule has 0 bridgehead atoms. The predicted molar refractivity (Wildman–Crippen MR) is 106 cm³/mol. The number of alkyl halides is 3. The summed E-state index contributed by atoms with van der Waals surface area (Å²) in [5.74, 6) is -0.653. The van der Waals surface area contributed by atoms with Crippen LogP contribution in [-0.4, -0.2) is 31.7 Å². The van der Waals surface area contributed by atoms with Gasteiger partial charge < -0.3 is 5.32 Å². The highest BCUT2D eigenvalue weighted by Crippen LogP contribution is 2.29. The van der Waals surface area contributed by atoms with Gasteiger partial charge in [-0.3, -0.25) is 4.79 Å². The summed E-state index contributed by atoms with van der Waals surface area (Å²) in [5, 5.41) is 2.66. The largest absolute Gasteiger partial charge is 0.416 e. The first-order valence-electron chi connectivity index (χ1n) is 9.58. The molecule has 0 unspecified atom stereocenters. The molecule has 1 saturated heterocycles. The first-order chi connectivity index (χ1) is 14.1. The van der Waals surface area contributed by atoms with Gasteiger partial charge in [0.15, 0.2) is 0 Å². The highest BCUT2D eigenvalue weighted by molar-refractivity contribution is 7.89. The van der Waals surface area contributed by atoms with E-state index in [1.54, 1.807) is 24.3 Å². The third-order valence-electron chi connectivity index (χ3n) is 5.20. The summed E-state index contributed by atoms with van der Waals surface area (Å²) in [4.78, 5) is 12.6. The molecular weight excluding hydrogens is 417 g/mol. The van der Waals surface area contributed by atoms with Crippen LogP contribution in [-0.2, 0) is 27.5 Å². The van der Waals surface area contributed by atoms with Crippen molar-refractivity contribution in [1.29, 1.82) is 0 Å². The zero-order valence-corrected chi connectivity index (χ0v) is 17.3. The number of benzene rings is 2. The summed E-state index contributed by atoms with van der Waals surface area (Å²) in [6, 6.07) is 11.4. The van der Waals surface area contributed by atoms with Gasteiger partial charge in [0.1, 0.15) is 0 Å². The second-order valence-corrected chi connectivity index (χ2v) is 9.35. The second-order valence-electron chi connectivity index (χ2n) is 7.41. The zero-order chi connectivity index (χ0) is 21.9. The molecule has 162 valence electrons. The van der Waals surface area contributed by atoms with Crippen LogP contribution in [0.3, 0.4) is 0 Å². The quantitative estimate of drug-likeness (QED) is 0.771. The lowest BCUT2D eigenvalue weighted by molar-refractivity contribution is -0.137. The summed E-state index contributed by atoms with van der Waals surface area (Å²) >= 11 is 0. The van der Waals surface area contributed by atoms with Gasteiger partial charge in [-0.1, -0.05) is 29.8 Å². The maximum atomic E-state index is 12.8. The van der Waals surface area contributed by atoms with Crippen molar-refractivity contribution in [2.75, 3.05) is 13.1 Å². The Bertz CT molecular complexity index is 997. The van der Waals surface area contributed by atoms with Crippen molar-refractivity contribution < 1.29 is 26.4 Å². The smallest absolute Gasteiger partial charge is 0.352 e. The molecule has 9 heteroatoms. The molecule has 2 aromatic rings. The van der Waals surface area contributed by atoms with Crippen LogP contribution in [0.2, 0.25) is 0 Å². The zero-order valence-electron chi connectivity index (χ0n) is 16.4. The Morgan fingerprint density at radius 3 is 2.33 bits per heavy atom. The van der Waals surface area contributed by atoms with Gasteiger partial charge in [-0.15, -0.1) is 0 Å². The van der Waals surface area contributed by atoms with E-state index in [2.05, 4.69) is 5.32 Å². The number of carbonyl (C=O) groups is 1. The summed E-state index contributed by atoms with van der Waals surface area (Å²) in [6.45, 7) is 2.31. The van der Waals surface area contributed by atoms with E-state index in [4.69, 9.17) is 0 Å². The van der Waals surface area contributed by atoms with Crippen molar-refractivity contribution in [1.82, 2.24) is 9.62 Å². The molecule has 1 fully saturated rings. The molecule has 5 nitrogen and oxygen atoms in total. The molecule has 2 aromatic carbocycles. The van der Waals surface area contributed by atoms with Crippen LogP contribution in [0.25, 0.3) is 0 Å². The lowest BCUT2D eigenvalue weighted by atomic mass is 9.97. The molecule has 3 rings (SSSR count). The third-order valence-corrected chi connectivity index (χ3v) is 7.12. The van der Waals surface area contributed by atoms with Crippen LogP contribution in [0.5, 0.6) is 0 Å². The molecule has 0 atom stereocenters. The Hall–Kier alpha value is -2.39. The number of amides is 1. The van der Waals surface area contributed by atoms with Crippen molar-refractivity contribution in [2.24, 2.45) is 5.92 Å². The summed E-state index contributed by atoms with van der Waals surface area (Å²) in [6.07, 6.45) is -3.71. The van der Waals surface area contributed by atoms with Gasteiger partial charge in [0.25, 0.3) is 0 Å². The van der Waals surface area contributed by atoms with Crippen LogP contribution in [0.15, 0.2) is 53.4 Å². The average Bonchev–Trinajstić information content (AvgIpc) is 2.72. The number of nitrogens with one attached hydrogen (secondary N) is 1. The van der Waals surface area contributed by atoms with Crippen molar-refractivity contribution in [3.63, 3.8) is 0 Å². The van der Waals surface area contributed by atoms with E-state index >= 15 is 0 Å². The number of carbonyl (C=O) groups excluding carboxylic acids is 1. The molecular formula is C21H23F3N2O3S. The van der Waals surface area contributed by atoms with Crippen molar-refractivity contribution >= 4 is 15.9 Å². The van der Waals surface area contributed by atoms with E-state index in [-0.39, 0.29) is 36.4 Å². The van der Waals surface area contributed by atoms with Crippen LogP contribution in [0.4, 0.5) is 13.2 Å². The summed E-state index contributed by atoms with van der Waals surface area (Å²) in [7, 11) is -3.61. The Morgan fingerprint density at radius 2 is 1.73 bits per heavy atom. The van der Waals surface area contributed by atoms with Gasteiger partial charge in [-0.05, 0) is 49.6 Å². The first-order valence-corrected chi connectivity index (χ1v) is 11.0. The lowest BCUT2D eigenvalue weighted by Crippen LogP contribution is -2.42. The molecule has 1 N–H and O–H groups in total. The van der Waals surface area contributed by atoms with E-state index in [0.717, 1.165) is 17.7 Å². The number of rotatable bonds is 5. The number of hydrogen-bond donors (Lipinski definition) is 1. The number of aryl methyl sites for hydroxylation is 1.